The first-order chi connectivity index (χ1) is 15.4. The highest BCUT2D eigenvalue weighted by atomic mass is 15.0. The lowest BCUT2D eigenvalue weighted by atomic mass is 9.97. The molecule has 0 saturated heterocycles. The van der Waals surface area contributed by atoms with Crippen LogP contribution in [-0.4, -0.2) is 19.4 Å². The Kier molecular flexibility index (Phi) is 2.72. The summed E-state index contributed by atoms with van der Waals surface area (Å²) in [6.07, 6.45) is 9.50. The fourth-order valence-corrected chi connectivity index (χ4v) is 5.74. The third-order valence-corrected chi connectivity index (χ3v) is 7.03. The summed E-state index contributed by atoms with van der Waals surface area (Å²) >= 11 is 0. The minimum atomic E-state index is 0.899. The third kappa shape index (κ3) is 1.84. The van der Waals surface area contributed by atoms with Crippen LogP contribution in [0.4, 0.5) is 0 Å². The fourth-order valence-electron chi connectivity index (χ4n) is 5.74. The average Bonchev–Trinajstić information content (AvgIpc) is 3.48. The normalized spacial score (nSPS) is 13.5. The van der Waals surface area contributed by atoms with Gasteiger partial charge < -0.3 is 0 Å². The Bertz CT molecular complexity index is 1740. The Labute approximate surface area is 177 Å². The topological polar surface area (TPSA) is 43.1 Å². The molecule has 0 N–H and O–H groups in total. The van der Waals surface area contributed by atoms with E-state index >= 15 is 0 Å². The summed E-state index contributed by atoms with van der Waals surface area (Å²) in [5, 5.41) is 3.43. The van der Waals surface area contributed by atoms with E-state index in [1.54, 1.807) is 0 Å². The maximum Gasteiger partial charge on any atom is 0.146 e. The van der Waals surface area contributed by atoms with Gasteiger partial charge in [-0.1, -0.05) is 36.4 Å². The van der Waals surface area contributed by atoms with E-state index in [1.807, 2.05) is 24.8 Å². The molecule has 4 heteroatoms. The Hall–Kier alpha value is -4.05. The highest BCUT2D eigenvalue weighted by Gasteiger charge is 2.32. The molecule has 31 heavy (non-hydrogen) atoms. The molecule has 0 amide bonds. The van der Waals surface area contributed by atoms with Crippen molar-refractivity contribution in [2.45, 2.75) is 12.8 Å². The molecule has 0 aliphatic heterocycles. The van der Waals surface area contributed by atoms with Crippen molar-refractivity contribution in [1.82, 2.24) is 19.4 Å². The summed E-state index contributed by atoms with van der Waals surface area (Å²) in [4.78, 5) is 14.1. The summed E-state index contributed by atoms with van der Waals surface area (Å²) in [7, 11) is 0. The average molecular weight is 396 g/mol. The molecule has 0 unspecified atom stereocenters. The number of fused-ring (bicyclic) bond motifs is 14. The Morgan fingerprint density at radius 3 is 2.55 bits per heavy atom. The number of nitrogens with zero attached hydrogens (tertiary/aromatic N) is 4. The van der Waals surface area contributed by atoms with Crippen molar-refractivity contribution in [3.63, 3.8) is 0 Å². The Balaban J connectivity index is 1.52. The summed E-state index contributed by atoms with van der Waals surface area (Å²) < 4.78 is 2.33. The second-order valence-corrected chi connectivity index (χ2v) is 8.52. The van der Waals surface area contributed by atoms with E-state index in [0.29, 0.717) is 0 Å². The number of imidazole rings is 1. The van der Waals surface area contributed by atoms with E-state index in [1.165, 1.54) is 44.5 Å². The van der Waals surface area contributed by atoms with Gasteiger partial charge in [0.2, 0.25) is 0 Å². The summed E-state index contributed by atoms with van der Waals surface area (Å²) in [6.45, 7) is 0. The third-order valence-electron chi connectivity index (χ3n) is 7.03. The predicted molar refractivity (Wildman–Crippen MR) is 122 cm³/mol. The van der Waals surface area contributed by atoms with Gasteiger partial charge in [-0.15, -0.1) is 0 Å². The van der Waals surface area contributed by atoms with Gasteiger partial charge in [-0.05, 0) is 46.4 Å². The molecule has 144 valence electrons. The van der Waals surface area contributed by atoms with E-state index in [-0.39, 0.29) is 0 Å². The highest BCUT2D eigenvalue weighted by Crippen LogP contribution is 2.48. The molecule has 4 heterocycles. The maximum absolute atomic E-state index is 5.26. The molecule has 0 atom stereocenters. The molecule has 4 nitrogen and oxygen atoms in total. The summed E-state index contributed by atoms with van der Waals surface area (Å²) in [5.41, 5.74) is 12.8. The van der Waals surface area contributed by atoms with E-state index in [9.17, 15) is 0 Å². The number of rotatable bonds is 0. The first kappa shape index (κ1) is 15.7. The smallest absolute Gasteiger partial charge is 0.146 e. The van der Waals surface area contributed by atoms with Gasteiger partial charge >= 0.3 is 0 Å². The molecule has 0 saturated carbocycles. The van der Waals surface area contributed by atoms with Crippen LogP contribution in [0.3, 0.4) is 0 Å². The van der Waals surface area contributed by atoms with Crippen LogP contribution in [-0.2, 0) is 12.8 Å². The van der Waals surface area contributed by atoms with Gasteiger partial charge in [-0.25, -0.2) is 4.98 Å². The molecule has 8 rings (SSSR count). The van der Waals surface area contributed by atoms with Crippen molar-refractivity contribution < 1.29 is 0 Å². The molecule has 4 aromatic heterocycles. The van der Waals surface area contributed by atoms with Gasteiger partial charge in [0, 0.05) is 46.7 Å². The molecule has 0 bridgehead atoms. The zero-order valence-electron chi connectivity index (χ0n) is 16.6. The second kappa shape index (κ2) is 5.35. The van der Waals surface area contributed by atoms with E-state index in [2.05, 4.69) is 62.9 Å². The van der Waals surface area contributed by atoms with Crippen LogP contribution in [0.1, 0.15) is 22.4 Å². The molecule has 2 aliphatic carbocycles. The zero-order valence-corrected chi connectivity index (χ0v) is 16.6. The van der Waals surface area contributed by atoms with Crippen molar-refractivity contribution >= 4 is 27.3 Å². The van der Waals surface area contributed by atoms with Crippen molar-refractivity contribution in [2.75, 3.05) is 0 Å². The molecule has 0 fully saturated rings. The number of hydrogen-bond acceptors (Lipinski definition) is 3. The SMILES string of the molecule is c1ccc2c(c1)Cc1c-2ccc2c1-c1nc3c4ccncc4c4ccncc4n3c1C2. The largest absolute Gasteiger partial charge is 0.294 e. The van der Waals surface area contributed by atoms with E-state index in [0.717, 1.165) is 40.5 Å². The number of hydrogen-bond donors (Lipinski definition) is 0. The van der Waals surface area contributed by atoms with E-state index < -0.39 is 0 Å². The number of pyridine rings is 3. The van der Waals surface area contributed by atoms with Gasteiger partial charge in [0.05, 0.1) is 23.1 Å². The lowest BCUT2D eigenvalue weighted by Crippen LogP contribution is -1.97. The second-order valence-electron chi connectivity index (χ2n) is 8.52. The monoisotopic (exact) mass is 396 g/mol. The zero-order chi connectivity index (χ0) is 20.1. The fraction of sp³-hybridized carbons (Fsp3) is 0.0741. The molecular formula is C27H16N4. The number of aromatic nitrogens is 4. The Morgan fingerprint density at radius 2 is 1.58 bits per heavy atom. The Morgan fingerprint density at radius 1 is 0.710 bits per heavy atom. The van der Waals surface area contributed by atoms with Gasteiger partial charge in [-0.2, -0.15) is 0 Å². The maximum atomic E-state index is 5.26. The van der Waals surface area contributed by atoms with Crippen molar-refractivity contribution in [3.8, 4) is 22.4 Å². The number of benzene rings is 2. The van der Waals surface area contributed by atoms with Crippen LogP contribution in [0.2, 0.25) is 0 Å². The minimum absolute atomic E-state index is 0.899. The molecule has 6 aromatic rings. The van der Waals surface area contributed by atoms with Gasteiger partial charge in [0.15, 0.2) is 0 Å². The van der Waals surface area contributed by atoms with E-state index in [4.69, 9.17) is 4.98 Å². The lowest BCUT2D eigenvalue weighted by molar-refractivity contribution is 1.09. The van der Waals surface area contributed by atoms with Gasteiger partial charge in [-0.3, -0.25) is 14.4 Å². The van der Waals surface area contributed by atoms with Crippen molar-refractivity contribution in [3.05, 3.63) is 95.7 Å². The quantitative estimate of drug-likeness (QED) is 0.315. The van der Waals surface area contributed by atoms with Gasteiger partial charge in [0.1, 0.15) is 5.65 Å². The standard InChI is InChI=1S/C27H16N4/c1-2-4-17-15(3-1)11-21-18(17)6-5-16-12-23-26(25(16)21)30-27-20-8-10-28-13-22(20)19-7-9-29-14-24(19)31(23)27/h1-10,13-14H,11-12H2. The molecular weight excluding hydrogens is 380 g/mol. The highest BCUT2D eigenvalue weighted by molar-refractivity contribution is 6.12. The van der Waals surface area contributed by atoms with Crippen LogP contribution < -0.4 is 0 Å². The van der Waals surface area contributed by atoms with Crippen LogP contribution >= 0.6 is 0 Å². The van der Waals surface area contributed by atoms with Crippen molar-refractivity contribution in [1.29, 1.82) is 0 Å². The summed E-state index contributed by atoms with van der Waals surface area (Å²) in [6, 6.07) is 17.5. The first-order valence-corrected chi connectivity index (χ1v) is 10.6. The summed E-state index contributed by atoms with van der Waals surface area (Å²) in [5.74, 6) is 0. The molecule has 2 aromatic carbocycles. The lowest BCUT2D eigenvalue weighted by Gasteiger charge is -2.10. The molecule has 2 aliphatic rings. The minimum Gasteiger partial charge on any atom is -0.294 e. The van der Waals surface area contributed by atoms with Crippen LogP contribution in [0.5, 0.6) is 0 Å². The van der Waals surface area contributed by atoms with Crippen LogP contribution in [0, 0.1) is 0 Å². The van der Waals surface area contributed by atoms with Crippen molar-refractivity contribution in [2.24, 2.45) is 0 Å². The van der Waals surface area contributed by atoms with Gasteiger partial charge in [0.25, 0.3) is 0 Å². The molecule has 0 spiro atoms. The van der Waals surface area contributed by atoms with Crippen LogP contribution in [0.25, 0.3) is 49.7 Å². The molecule has 0 radical (unpaired) electrons. The van der Waals surface area contributed by atoms with Crippen LogP contribution in [0.15, 0.2) is 73.3 Å². The first-order valence-electron chi connectivity index (χ1n) is 10.6. The predicted octanol–water partition coefficient (Wildman–Crippen LogP) is 5.57.